The number of hydrogen-bond donors (Lipinski definition) is 1. The van der Waals surface area contributed by atoms with E-state index < -0.39 is 41.1 Å². The molecule has 3 aliphatic heterocycles. The van der Waals surface area contributed by atoms with Crippen LogP contribution in [0.3, 0.4) is 0 Å². The molecular weight excluding hydrogens is 472 g/mol. The maximum atomic E-state index is 14.6. The van der Waals surface area contributed by atoms with E-state index in [1.165, 1.54) is 11.0 Å². The fraction of sp³-hybridized carbons (Fsp3) is 0.552. The highest BCUT2D eigenvalue weighted by Crippen LogP contribution is 2.63. The summed E-state index contributed by atoms with van der Waals surface area (Å²) in [6.07, 6.45) is 4.55. The number of amides is 2. The molecule has 2 unspecified atom stereocenters. The number of aliphatic hydroxyl groups excluding tert-OH is 1. The average molecular weight is 511 g/mol. The predicted octanol–water partition coefficient (Wildman–Crippen LogP) is 3.09. The molecule has 8 nitrogen and oxygen atoms in total. The highest BCUT2D eigenvalue weighted by molar-refractivity contribution is 6.05. The predicted molar refractivity (Wildman–Crippen MR) is 140 cm³/mol. The first-order chi connectivity index (χ1) is 17.6. The standard InChI is InChI=1S/C29H38N2O6/c1-7-14-30(21-16-18(4)10-11-19(21)5)26(34)24-29-13-12-28(6,37-29)23(27(35)36-15-8-2)22(29)25(33)31(24)20(9-3)17-32/h7-8,10-11,16,20,22-24,32H,1-2,9,12-15,17H2,3-6H3/t20-,22-,23-,24?,28+,29?/m0/s1. The number of anilines is 1. The Bertz CT molecular complexity index is 1110. The molecule has 1 aromatic carbocycles. The van der Waals surface area contributed by atoms with Crippen molar-refractivity contribution >= 4 is 23.5 Å². The fourth-order valence-corrected chi connectivity index (χ4v) is 6.63. The Morgan fingerprint density at radius 1 is 1.30 bits per heavy atom. The number of ether oxygens (including phenoxy) is 2. The van der Waals surface area contributed by atoms with Crippen molar-refractivity contribution in [3.63, 3.8) is 0 Å². The van der Waals surface area contributed by atoms with Crippen molar-refractivity contribution in [2.45, 2.75) is 70.2 Å². The molecule has 3 saturated heterocycles. The molecule has 6 atom stereocenters. The Labute approximate surface area is 218 Å². The van der Waals surface area contributed by atoms with Crippen LogP contribution in [0.2, 0.25) is 0 Å². The summed E-state index contributed by atoms with van der Waals surface area (Å²) < 4.78 is 12.0. The third-order valence-corrected chi connectivity index (χ3v) is 8.35. The van der Waals surface area contributed by atoms with Gasteiger partial charge in [0.05, 0.1) is 24.2 Å². The van der Waals surface area contributed by atoms with E-state index in [0.29, 0.717) is 19.3 Å². The number of aryl methyl sites for hydroxylation is 2. The summed E-state index contributed by atoms with van der Waals surface area (Å²) in [4.78, 5) is 45.1. The summed E-state index contributed by atoms with van der Waals surface area (Å²) in [6.45, 7) is 15.0. The second-order valence-corrected chi connectivity index (χ2v) is 10.7. The number of aliphatic hydroxyl groups is 1. The number of hydrogen-bond acceptors (Lipinski definition) is 6. The van der Waals surface area contributed by atoms with Gasteiger partial charge in [-0.2, -0.15) is 0 Å². The first kappa shape index (κ1) is 27.1. The van der Waals surface area contributed by atoms with E-state index in [1.54, 1.807) is 11.0 Å². The molecule has 1 N–H and O–H groups in total. The molecule has 200 valence electrons. The molecule has 3 heterocycles. The summed E-state index contributed by atoms with van der Waals surface area (Å²) in [5.74, 6) is -2.89. The zero-order valence-corrected chi connectivity index (χ0v) is 22.2. The average Bonchev–Trinajstić information content (AvgIpc) is 3.44. The van der Waals surface area contributed by atoms with E-state index in [4.69, 9.17) is 9.47 Å². The molecule has 8 heteroatoms. The van der Waals surface area contributed by atoms with Crippen LogP contribution in [0.15, 0.2) is 43.5 Å². The van der Waals surface area contributed by atoms with Crippen LogP contribution in [0.4, 0.5) is 5.69 Å². The highest BCUT2D eigenvalue weighted by atomic mass is 16.6. The minimum absolute atomic E-state index is 0.0272. The third kappa shape index (κ3) is 4.10. The van der Waals surface area contributed by atoms with Crippen molar-refractivity contribution in [3.05, 3.63) is 54.6 Å². The molecule has 37 heavy (non-hydrogen) atoms. The molecular formula is C29H38N2O6. The van der Waals surface area contributed by atoms with Crippen LogP contribution in [0.1, 0.15) is 44.2 Å². The van der Waals surface area contributed by atoms with Gasteiger partial charge in [-0.25, -0.2) is 0 Å². The zero-order valence-electron chi connectivity index (χ0n) is 22.2. The van der Waals surface area contributed by atoms with Crippen LogP contribution in [0.25, 0.3) is 0 Å². The molecule has 0 saturated carbocycles. The Kier molecular flexibility index (Phi) is 7.36. The van der Waals surface area contributed by atoms with Gasteiger partial charge in [-0.3, -0.25) is 14.4 Å². The van der Waals surface area contributed by atoms with Crippen LogP contribution in [-0.2, 0) is 23.9 Å². The van der Waals surface area contributed by atoms with Gasteiger partial charge >= 0.3 is 5.97 Å². The van der Waals surface area contributed by atoms with Crippen LogP contribution >= 0.6 is 0 Å². The van der Waals surface area contributed by atoms with Crippen molar-refractivity contribution in [2.75, 3.05) is 24.7 Å². The Morgan fingerprint density at radius 2 is 2.03 bits per heavy atom. The normalized spacial score (nSPS) is 30.7. The summed E-state index contributed by atoms with van der Waals surface area (Å²) in [5.41, 5.74) is 0.521. The minimum Gasteiger partial charge on any atom is -0.461 e. The number of esters is 1. The summed E-state index contributed by atoms with van der Waals surface area (Å²) in [6, 6.07) is 4.29. The second-order valence-electron chi connectivity index (χ2n) is 10.7. The van der Waals surface area contributed by atoms with Gasteiger partial charge in [0.25, 0.3) is 5.91 Å². The largest absolute Gasteiger partial charge is 0.461 e. The van der Waals surface area contributed by atoms with E-state index >= 15 is 0 Å². The molecule has 0 aliphatic carbocycles. The minimum atomic E-state index is -1.19. The molecule has 4 rings (SSSR count). The van der Waals surface area contributed by atoms with E-state index in [2.05, 4.69) is 13.2 Å². The maximum Gasteiger partial charge on any atom is 0.313 e. The van der Waals surface area contributed by atoms with Crippen LogP contribution in [0, 0.1) is 25.7 Å². The van der Waals surface area contributed by atoms with Crippen molar-refractivity contribution < 1.29 is 29.0 Å². The molecule has 1 spiro atoms. The molecule has 2 amide bonds. The molecule has 3 fully saturated rings. The first-order valence-electron chi connectivity index (χ1n) is 13.0. The number of carbonyl (C=O) groups is 3. The lowest BCUT2D eigenvalue weighted by molar-refractivity contribution is -0.159. The number of carbonyl (C=O) groups excluding carboxylic acids is 3. The summed E-state index contributed by atoms with van der Waals surface area (Å²) in [5, 5.41) is 10.2. The van der Waals surface area contributed by atoms with Gasteiger partial charge in [-0.15, -0.1) is 6.58 Å². The van der Waals surface area contributed by atoms with E-state index in [0.717, 1.165) is 16.8 Å². The van der Waals surface area contributed by atoms with Gasteiger partial charge in [0, 0.05) is 12.2 Å². The second kappa shape index (κ2) is 10.1. The van der Waals surface area contributed by atoms with E-state index in [1.807, 2.05) is 45.9 Å². The quantitative estimate of drug-likeness (QED) is 0.384. The van der Waals surface area contributed by atoms with Gasteiger partial charge in [0.1, 0.15) is 24.2 Å². The number of benzene rings is 1. The van der Waals surface area contributed by atoms with Crippen molar-refractivity contribution in [3.8, 4) is 0 Å². The topological polar surface area (TPSA) is 96.4 Å². The van der Waals surface area contributed by atoms with Gasteiger partial charge in [0.2, 0.25) is 5.91 Å². The summed E-state index contributed by atoms with van der Waals surface area (Å²) >= 11 is 0. The van der Waals surface area contributed by atoms with Gasteiger partial charge in [0.15, 0.2) is 0 Å². The van der Waals surface area contributed by atoms with Crippen LogP contribution in [0.5, 0.6) is 0 Å². The zero-order chi connectivity index (χ0) is 27.1. The van der Waals surface area contributed by atoms with Gasteiger partial charge < -0.3 is 24.4 Å². The highest BCUT2D eigenvalue weighted by Gasteiger charge is 2.79. The van der Waals surface area contributed by atoms with Gasteiger partial charge in [-0.1, -0.05) is 37.8 Å². The Hall–Kier alpha value is -2.97. The van der Waals surface area contributed by atoms with Crippen LogP contribution < -0.4 is 4.90 Å². The first-order valence-corrected chi connectivity index (χ1v) is 13.0. The smallest absolute Gasteiger partial charge is 0.313 e. The lowest BCUT2D eigenvalue weighted by Crippen LogP contribution is -2.59. The maximum absolute atomic E-state index is 14.6. The van der Waals surface area contributed by atoms with E-state index in [9.17, 15) is 19.5 Å². The SMILES string of the molecule is C=CCOC(=O)[C@@H]1[C@H]2C(=O)N([C@@H](CC)CO)C(C(=O)N(CC=C)c3cc(C)ccc3C)C23CC[C@@]1(C)O3. The third-order valence-electron chi connectivity index (χ3n) is 8.35. The van der Waals surface area contributed by atoms with E-state index in [-0.39, 0.29) is 31.6 Å². The van der Waals surface area contributed by atoms with Crippen molar-refractivity contribution in [1.82, 2.24) is 4.90 Å². The molecule has 2 bridgehead atoms. The molecule has 3 aliphatic rings. The van der Waals surface area contributed by atoms with Crippen molar-refractivity contribution in [2.24, 2.45) is 11.8 Å². The van der Waals surface area contributed by atoms with Crippen molar-refractivity contribution in [1.29, 1.82) is 0 Å². The van der Waals surface area contributed by atoms with Crippen LogP contribution in [-0.4, -0.2) is 70.8 Å². The molecule has 0 aromatic heterocycles. The number of nitrogens with zero attached hydrogens (tertiary/aromatic N) is 2. The molecule has 1 aromatic rings. The number of fused-ring (bicyclic) bond motifs is 1. The lowest BCUT2D eigenvalue weighted by Gasteiger charge is -2.39. The number of likely N-dealkylation sites (tertiary alicyclic amines) is 1. The Morgan fingerprint density at radius 3 is 2.65 bits per heavy atom. The monoisotopic (exact) mass is 510 g/mol. The number of rotatable bonds is 10. The lowest BCUT2D eigenvalue weighted by atomic mass is 9.66. The summed E-state index contributed by atoms with van der Waals surface area (Å²) in [7, 11) is 0. The fourth-order valence-electron chi connectivity index (χ4n) is 6.63. The molecule has 0 radical (unpaired) electrons. The Balaban J connectivity index is 1.85. The van der Waals surface area contributed by atoms with Gasteiger partial charge in [-0.05, 0) is 57.2 Å².